The monoisotopic (exact) mass is 715 g/mol. The van der Waals surface area contributed by atoms with Crippen molar-refractivity contribution in [1.29, 1.82) is 0 Å². The second kappa shape index (κ2) is 16.3. The van der Waals surface area contributed by atoms with Gasteiger partial charge in [0.2, 0.25) is 5.43 Å². The van der Waals surface area contributed by atoms with Crippen molar-refractivity contribution in [2.24, 2.45) is 5.92 Å². The predicted octanol–water partition coefficient (Wildman–Crippen LogP) is 8.53. The number of hydrogen-bond acceptors (Lipinski definition) is 8. The highest BCUT2D eigenvalue weighted by molar-refractivity contribution is 6.49. The third-order valence-corrected chi connectivity index (χ3v) is 9.57. The fourth-order valence-corrected chi connectivity index (χ4v) is 6.68. The Hall–Kier alpha value is -5.41. The second-order valence-corrected chi connectivity index (χ2v) is 13.6. The molecule has 0 aliphatic rings. The van der Waals surface area contributed by atoms with E-state index in [0.29, 0.717) is 69.0 Å². The van der Waals surface area contributed by atoms with E-state index in [9.17, 15) is 14.7 Å². The van der Waals surface area contributed by atoms with Gasteiger partial charge in [-0.25, -0.2) is 0 Å². The maximum atomic E-state index is 13.9. The zero-order chi connectivity index (χ0) is 36.8. The minimum atomic E-state index is -0.480. The Morgan fingerprint density at radius 2 is 1.79 bits per heavy atom. The number of nitrogen functional groups attached to an aromatic ring is 1. The fraction of sp³-hybridized carbons (Fsp3) is 0.209. The number of esters is 1. The lowest BCUT2D eigenvalue weighted by Gasteiger charge is -2.18. The van der Waals surface area contributed by atoms with Crippen molar-refractivity contribution < 1.29 is 19.1 Å². The minimum Gasteiger partial charge on any atom is -0.455 e. The summed E-state index contributed by atoms with van der Waals surface area (Å²) < 4.78 is 12.0. The van der Waals surface area contributed by atoms with E-state index in [0.717, 1.165) is 22.9 Å². The predicted molar refractivity (Wildman–Crippen MR) is 213 cm³/mol. The number of rotatable bonds is 14. The molecule has 52 heavy (non-hydrogen) atoms. The number of allylic oxidation sites excluding steroid dienone is 2. The van der Waals surface area contributed by atoms with Crippen LogP contribution >= 0.6 is 11.6 Å². The maximum Gasteiger partial charge on any atom is 0.311 e. The Labute approximate surface area is 307 Å². The number of carbonyl (C=O) groups is 1. The van der Waals surface area contributed by atoms with E-state index in [4.69, 9.17) is 26.5 Å². The van der Waals surface area contributed by atoms with Gasteiger partial charge < -0.3 is 30.2 Å². The molecule has 9 heteroatoms. The number of halogens is 1. The van der Waals surface area contributed by atoms with Crippen molar-refractivity contribution in [2.45, 2.75) is 25.9 Å². The molecule has 6 aromatic rings. The Morgan fingerprint density at radius 1 is 1.02 bits per heavy atom. The summed E-state index contributed by atoms with van der Waals surface area (Å²) in [6.45, 7) is 5.39. The van der Waals surface area contributed by atoms with Crippen LogP contribution in [0.3, 0.4) is 0 Å². The van der Waals surface area contributed by atoms with Gasteiger partial charge in [-0.1, -0.05) is 96.5 Å². The van der Waals surface area contributed by atoms with Crippen molar-refractivity contribution in [3.8, 4) is 5.75 Å². The van der Waals surface area contributed by atoms with Crippen molar-refractivity contribution >= 4 is 66.7 Å². The lowest BCUT2D eigenvalue weighted by atomic mass is 9.89. The van der Waals surface area contributed by atoms with Gasteiger partial charge in [-0.15, -0.1) is 0 Å². The largest absolute Gasteiger partial charge is 0.455 e. The van der Waals surface area contributed by atoms with Crippen molar-refractivity contribution in [3.63, 3.8) is 0 Å². The highest BCUT2D eigenvalue weighted by Gasteiger charge is 2.21. The van der Waals surface area contributed by atoms with E-state index in [2.05, 4.69) is 11.9 Å². The molecule has 4 N–H and O–H groups in total. The number of benzene rings is 5. The van der Waals surface area contributed by atoms with Gasteiger partial charge in [0.15, 0.2) is 0 Å². The van der Waals surface area contributed by atoms with Crippen LogP contribution in [0.5, 0.6) is 5.75 Å². The molecular formula is C43H42ClN3O5. The second-order valence-electron chi connectivity index (χ2n) is 13.2. The van der Waals surface area contributed by atoms with Crippen LogP contribution in [-0.4, -0.2) is 43.2 Å². The number of nitrogens with zero attached hydrogens (tertiary/aromatic N) is 1. The molecule has 0 aliphatic heterocycles. The molecule has 0 saturated carbocycles. The highest BCUT2D eigenvalue weighted by Crippen LogP contribution is 2.35. The van der Waals surface area contributed by atoms with Crippen LogP contribution in [0.25, 0.3) is 37.7 Å². The van der Waals surface area contributed by atoms with E-state index in [1.807, 2.05) is 85.7 Å². The zero-order valence-corrected chi connectivity index (χ0v) is 30.1. The minimum absolute atomic E-state index is 0.0315. The third-order valence-electron chi connectivity index (χ3n) is 9.25. The number of likely N-dealkylation sites (N-methyl/N-ethyl adjacent to an activating group) is 1. The van der Waals surface area contributed by atoms with Gasteiger partial charge in [0.25, 0.3) is 0 Å². The third kappa shape index (κ3) is 8.21. The van der Waals surface area contributed by atoms with Crippen LogP contribution < -0.4 is 21.2 Å². The molecule has 0 spiro atoms. The molecule has 8 nitrogen and oxygen atoms in total. The first-order valence-electron chi connectivity index (χ1n) is 17.2. The number of aryl methyl sites for hydroxylation is 1. The summed E-state index contributed by atoms with van der Waals surface area (Å²) in [4.78, 5) is 29.5. The number of fused-ring (bicyclic) bond motifs is 3. The van der Waals surface area contributed by atoms with Crippen LogP contribution in [0.1, 0.15) is 29.5 Å². The van der Waals surface area contributed by atoms with Crippen molar-refractivity contribution in [1.82, 2.24) is 4.90 Å². The lowest BCUT2D eigenvalue weighted by molar-refractivity contribution is -0.135. The lowest BCUT2D eigenvalue weighted by Crippen LogP contribution is -2.21. The van der Waals surface area contributed by atoms with Gasteiger partial charge in [0.1, 0.15) is 16.9 Å². The van der Waals surface area contributed by atoms with Crippen LogP contribution in [0, 0.1) is 5.92 Å². The van der Waals surface area contributed by atoms with Gasteiger partial charge in [-0.05, 0) is 74.1 Å². The number of hydrogen-bond donors (Lipinski definition) is 3. The molecule has 0 amide bonds. The van der Waals surface area contributed by atoms with Crippen LogP contribution in [0.15, 0.2) is 125 Å². The molecule has 0 fully saturated rings. The Morgan fingerprint density at radius 3 is 2.56 bits per heavy atom. The van der Waals surface area contributed by atoms with Crippen molar-refractivity contribution in [3.05, 3.63) is 142 Å². The molecule has 1 aromatic heterocycles. The molecule has 0 bridgehead atoms. The fourth-order valence-electron chi connectivity index (χ4n) is 6.38. The molecular weight excluding hydrogens is 674 g/mol. The summed E-state index contributed by atoms with van der Waals surface area (Å²) >= 11 is 6.86. The quantitative estimate of drug-likeness (QED) is 0.0338. The molecule has 1 heterocycles. The van der Waals surface area contributed by atoms with Crippen LogP contribution in [-0.2, 0) is 17.8 Å². The molecule has 6 rings (SSSR count). The average Bonchev–Trinajstić information content (AvgIpc) is 3.14. The van der Waals surface area contributed by atoms with Crippen LogP contribution in [0.4, 0.5) is 11.4 Å². The number of aliphatic hydroxyl groups is 1. The average molecular weight is 716 g/mol. The summed E-state index contributed by atoms with van der Waals surface area (Å²) in [5.74, 6) is -0.563. The van der Waals surface area contributed by atoms with Gasteiger partial charge >= 0.3 is 5.97 Å². The van der Waals surface area contributed by atoms with Gasteiger partial charge in [-0.2, -0.15) is 0 Å². The van der Waals surface area contributed by atoms with Crippen molar-refractivity contribution in [2.75, 3.05) is 38.2 Å². The first-order chi connectivity index (χ1) is 25.1. The molecule has 1 unspecified atom stereocenters. The Balaban J connectivity index is 1.26. The van der Waals surface area contributed by atoms with E-state index >= 15 is 0 Å². The molecule has 1 atom stereocenters. The molecule has 266 valence electrons. The summed E-state index contributed by atoms with van der Waals surface area (Å²) in [7, 11) is 3.93. The number of ether oxygens (including phenoxy) is 1. The number of anilines is 2. The van der Waals surface area contributed by atoms with Gasteiger partial charge in [0, 0.05) is 41.0 Å². The summed E-state index contributed by atoms with van der Waals surface area (Å²) in [6, 6.07) is 30.0. The number of aliphatic hydroxyl groups excluding tert-OH is 1. The van der Waals surface area contributed by atoms with Crippen LogP contribution in [0.2, 0.25) is 0 Å². The van der Waals surface area contributed by atoms with E-state index in [-0.39, 0.29) is 35.5 Å². The van der Waals surface area contributed by atoms with E-state index < -0.39 is 5.97 Å². The number of carbonyl (C=O) groups excluding carboxylic acids is 1. The zero-order valence-electron chi connectivity index (χ0n) is 29.3. The Bertz CT molecular complexity index is 2350. The summed E-state index contributed by atoms with van der Waals surface area (Å²) in [5.41, 5.74) is 11.1. The normalized spacial score (nSPS) is 12.4. The van der Waals surface area contributed by atoms with Gasteiger partial charge in [0.05, 0.1) is 28.8 Å². The molecule has 5 aromatic carbocycles. The molecule has 0 radical (unpaired) electrons. The summed E-state index contributed by atoms with van der Waals surface area (Å²) in [5, 5.41) is 16.2. The smallest absolute Gasteiger partial charge is 0.311 e. The highest BCUT2D eigenvalue weighted by atomic mass is 35.5. The number of nitrogens with one attached hydrogen (secondary N) is 1. The number of nitrogens with two attached hydrogens (primary N) is 1. The topological polar surface area (TPSA) is 118 Å². The molecule has 0 aliphatic carbocycles. The van der Waals surface area contributed by atoms with Gasteiger partial charge in [-0.3, -0.25) is 9.59 Å². The first kappa shape index (κ1) is 36.4. The standard InChI is InChI=1S/C43H42ClN3O5/c1-27(23-36(44)34-18-15-29-11-7-8-12-33(29)41(34)45)30(14-13-28-9-5-4-6-10-28)24-39(49)51-32-17-20-38-35(25-32)42(50)40-37(46-21-22-47(2)3)19-16-31(26-48)43(40)52-38/h4-12,15-20,23,25,30,46,48H,1,13-14,21-22,24,26,45H2,2-3H3/b36-23+. The summed E-state index contributed by atoms with van der Waals surface area (Å²) in [6.07, 6.45) is 3.15. The van der Waals surface area contributed by atoms with E-state index in [1.165, 1.54) is 6.07 Å². The first-order valence-corrected chi connectivity index (χ1v) is 17.6. The van der Waals surface area contributed by atoms with E-state index in [1.54, 1.807) is 30.3 Å². The molecule has 0 saturated heterocycles. The Kier molecular flexibility index (Phi) is 11.4. The SMILES string of the molecule is C=C(/C=C(/Cl)c1ccc2ccccc2c1N)C(CCc1ccccc1)CC(=O)Oc1ccc2oc3c(CO)ccc(NCCN(C)C)c3c(=O)c2c1. The maximum absolute atomic E-state index is 13.9.